The Labute approximate surface area is 109 Å². The van der Waals surface area contributed by atoms with Crippen molar-refractivity contribution in [2.45, 2.75) is 19.3 Å². The minimum Gasteiger partial charge on any atom is -0.507 e. The van der Waals surface area contributed by atoms with Gasteiger partial charge in [-0.3, -0.25) is 0 Å². The second-order valence-corrected chi connectivity index (χ2v) is 5.87. The van der Waals surface area contributed by atoms with E-state index in [0.29, 0.717) is 5.75 Å². The number of hydrogen-bond acceptors (Lipinski definition) is 1. The van der Waals surface area contributed by atoms with Crippen molar-refractivity contribution >= 4 is 15.9 Å². The highest BCUT2D eigenvalue weighted by atomic mass is 79.9. The number of aromatic hydroxyl groups is 1. The van der Waals surface area contributed by atoms with Crippen LogP contribution in [0.15, 0.2) is 40.9 Å². The number of benzene rings is 2. The third-order valence-electron chi connectivity index (χ3n) is 3.65. The van der Waals surface area contributed by atoms with Gasteiger partial charge in [-0.25, -0.2) is 0 Å². The fraction of sp³-hybridized carbons (Fsp3) is 0.200. The zero-order valence-corrected chi connectivity index (χ0v) is 11.4. The van der Waals surface area contributed by atoms with Gasteiger partial charge in [0.25, 0.3) is 0 Å². The van der Waals surface area contributed by atoms with Crippen molar-refractivity contribution in [2.75, 3.05) is 0 Å². The lowest BCUT2D eigenvalue weighted by Crippen LogP contribution is -2.14. The van der Waals surface area contributed by atoms with Gasteiger partial charge in [-0.2, -0.15) is 0 Å². The lowest BCUT2D eigenvalue weighted by atomic mass is 9.82. The molecule has 2 aromatic carbocycles. The van der Waals surface area contributed by atoms with Crippen molar-refractivity contribution in [3.05, 3.63) is 52.0 Å². The van der Waals surface area contributed by atoms with Gasteiger partial charge in [0.1, 0.15) is 5.75 Å². The van der Waals surface area contributed by atoms with Gasteiger partial charge in [0.15, 0.2) is 0 Å². The molecule has 1 aliphatic rings. The molecule has 0 aliphatic heterocycles. The van der Waals surface area contributed by atoms with Crippen LogP contribution < -0.4 is 0 Å². The molecule has 0 saturated carbocycles. The quantitative estimate of drug-likeness (QED) is 0.759. The van der Waals surface area contributed by atoms with E-state index in [1.54, 1.807) is 0 Å². The minimum absolute atomic E-state index is 0.00213. The largest absolute Gasteiger partial charge is 0.507 e. The molecule has 3 rings (SSSR count). The second-order valence-electron chi connectivity index (χ2n) is 5.02. The number of phenolic OH excluding ortho intramolecular Hbond substituents is 1. The van der Waals surface area contributed by atoms with E-state index in [9.17, 15) is 5.11 Å². The molecule has 86 valence electrons. The average molecular weight is 289 g/mol. The standard InChI is InChI=1S/C15H13BrO/c1-15(2)11-6-4-3-5-9(11)10-7-14(17)13(16)8-12(10)15/h3-8,17H,1-2H3. The third kappa shape index (κ3) is 1.37. The number of halogens is 1. The molecule has 0 unspecified atom stereocenters. The van der Waals surface area contributed by atoms with Gasteiger partial charge >= 0.3 is 0 Å². The number of hydrogen-bond donors (Lipinski definition) is 1. The van der Waals surface area contributed by atoms with Crippen molar-refractivity contribution in [1.82, 2.24) is 0 Å². The van der Waals surface area contributed by atoms with Crippen LogP contribution in [0.1, 0.15) is 25.0 Å². The molecule has 0 bridgehead atoms. The highest BCUT2D eigenvalue weighted by Crippen LogP contribution is 2.50. The van der Waals surface area contributed by atoms with Gasteiger partial charge in [-0.05, 0) is 50.3 Å². The van der Waals surface area contributed by atoms with Gasteiger partial charge in [-0.15, -0.1) is 0 Å². The molecule has 17 heavy (non-hydrogen) atoms. The zero-order valence-electron chi connectivity index (χ0n) is 9.79. The van der Waals surface area contributed by atoms with Crippen molar-refractivity contribution in [3.63, 3.8) is 0 Å². The summed E-state index contributed by atoms with van der Waals surface area (Å²) in [6.07, 6.45) is 0. The lowest BCUT2D eigenvalue weighted by Gasteiger charge is -2.21. The van der Waals surface area contributed by atoms with Crippen LogP contribution in [-0.4, -0.2) is 5.11 Å². The summed E-state index contributed by atoms with van der Waals surface area (Å²) in [4.78, 5) is 0. The first-order valence-electron chi connectivity index (χ1n) is 5.64. The van der Waals surface area contributed by atoms with Crippen molar-refractivity contribution in [2.24, 2.45) is 0 Å². The van der Waals surface area contributed by atoms with Gasteiger partial charge in [0.05, 0.1) is 4.47 Å². The molecular weight excluding hydrogens is 276 g/mol. The highest BCUT2D eigenvalue weighted by Gasteiger charge is 2.35. The maximum Gasteiger partial charge on any atom is 0.130 e. The molecule has 0 fully saturated rings. The lowest BCUT2D eigenvalue weighted by molar-refractivity contribution is 0.471. The molecule has 0 radical (unpaired) electrons. The Morgan fingerprint density at radius 1 is 1.00 bits per heavy atom. The SMILES string of the molecule is CC1(C)c2ccccc2-c2cc(O)c(Br)cc21. The van der Waals surface area contributed by atoms with E-state index in [1.165, 1.54) is 16.7 Å². The summed E-state index contributed by atoms with van der Waals surface area (Å²) in [6, 6.07) is 12.3. The highest BCUT2D eigenvalue weighted by molar-refractivity contribution is 9.10. The maximum atomic E-state index is 9.83. The van der Waals surface area contributed by atoms with E-state index < -0.39 is 0 Å². The van der Waals surface area contributed by atoms with E-state index in [4.69, 9.17) is 0 Å². The monoisotopic (exact) mass is 288 g/mol. The summed E-state index contributed by atoms with van der Waals surface area (Å²) in [5, 5.41) is 9.83. The molecule has 0 amide bonds. The summed E-state index contributed by atoms with van der Waals surface area (Å²) in [5.74, 6) is 0.302. The van der Waals surface area contributed by atoms with Gasteiger partial charge in [-0.1, -0.05) is 38.1 Å². The Kier molecular flexibility index (Phi) is 2.14. The molecule has 0 atom stereocenters. The second kappa shape index (κ2) is 3.36. The first-order valence-corrected chi connectivity index (χ1v) is 6.44. The summed E-state index contributed by atoms with van der Waals surface area (Å²) in [7, 11) is 0. The molecule has 1 N–H and O–H groups in total. The van der Waals surface area contributed by atoms with Crippen LogP contribution in [0.25, 0.3) is 11.1 Å². The summed E-state index contributed by atoms with van der Waals surface area (Å²) in [6.45, 7) is 4.45. The minimum atomic E-state index is 0.00213. The number of fused-ring (bicyclic) bond motifs is 3. The molecule has 1 nitrogen and oxygen atoms in total. The Bertz CT molecular complexity index is 614. The summed E-state index contributed by atoms with van der Waals surface area (Å²) < 4.78 is 0.761. The smallest absolute Gasteiger partial charge is 0.130 e. The first-order chi connectivity index (χ1) is 8.01. The first kappa shape index (κ1) is 10.8. The predicted molar refractivity (Wildman–Crippen MR) is 73.4 cm³/mol. The zero-order chi connectivity index (χ0) is 12.2. The van der Waals surface area contributed by atoms with E-state index in [0.717, 1.165) is 10.0 Å². The summed E-state index contributed by atoms with van der Waals surface area (Å²) >= 11 is 3.40. The Hall–Kier alpha value is -1.28. The fourth-order valence-electron chi connectivity index (χ4n) is 2.71. The van der Waals surface area contributed by atoms with E-state index in [2.05, 4.69) is 48.0 Å². The van der Waals surface area contributed by atoms with E-state index in [-0.39, 0.29) is 5.41 Å². The molecule has 2 heteroatoms. The van der Waals surface area contributed by atoms with Crippen LogP contribution in [0.3, 0.4) is 0 Å². The molecule has 0 aromatic heterocycles. The Morgan fingerprint density at radius 3 is 2.47 bits per heavy atom. The Balaban J connectivity index is 2.40. The molecule has 2 aromatic rings. The third-order valence-corrected chi connectivity index (χ3v) is 4.29. The van der Waals surface area contributed by atoms with Crippen molar-refractivity contribution in [1.29, 1.82) is 0 Å². The summed E-state index contributed by atoms with van der Waals surface area (Å²) in [5.41, 5.74) is 4.97. The van der Waals surface area contributed by atoms with Crippen molar-refractivity contribution < 1.29 is 5.11 Å². The number of rotatable bonds is 0. The maximum absolute atomic E-state index is 9.83. The van der Waals surface area contributed by atoms with E-state index >= 15 is 0 Å². The van der Waals surface area contributed by atoms with Crippen LogP contribution in [0.2, 0.25) is 0 Å². The van der Waals surface area contributed by atoms with Gasteiger partial charge in [0.2, 0.25) is 0 Å². The fourth-order valence-corrected chi connectivity index (χ4v) is 3.05. The van der Waals surface area contributed by atoms with Gasteiger partial charge < -0.3 is 5.11 Å². The van der Waals surface area contributed by atoms with Crippen LogP contribution >= 0.6 is 15.9 Å². The molecule has 0 spiro atoms. The van der Waals surface area contributed by atoms with E-state index in [1.807, 2.05) is 18.2 Å². The Morgan fingerprint density at radius 2 is 1.71 bits per heavy atom. The normalized spacial score (nSPS) is 15.5. The molecule has 0 saturated heterocycles. The van der Waals surface area contributed by atoms with Crippen LogP contribution in [-0.2, 0) is 5.41 Å². The molecular formula is C15H13BrO. The molecule has 0 heterocycles. The van der Waals surface area contributed by atoms with Gasteiger partial charge in [0, 0.05) is 5.41 Å². The average Bonchev–Trinajstić information content (AvgIpc) is 2.51. The predicted octanol–water partition coefficient (Wildman–Crippen LogP) is 4.46. The van der Waals surface area contributed by atoms with Crippen LogP contribution in [0, 0.1) is 0 Å². The topological polar surface area (TPSA) is 20.2 Å². The molecule has 1 aliphatic carbocycles. The van der Waals surface area contributed by atoms with Crippen LogP contribution in [0.5, 0.6) is 5.75 Å². The number of phenols is 1. The van der Waals surface area contributed by atoms with Crippen molar-refractivity contribution in [3.8, 4) is 16.9 Å². The van der Waals surface area contributed by atoms with Crippen LogP contribution in [0.4, 0.5) is 0 Å².